The second kappa shape index (κ2) is 4.71. The van der Waals surface area contributed by atoms with Crippen LogP contribution in [0.1, 0.15) is 26.7 Å². The van der Waals surface area contributed by atoms with Crippen molar-refractivity contribution in [2.24, 2.45) is 0 Å². The molecule has 1 aliphatic heterocycles. The molecule has 0 aromatic carbocycles. The molecule has 0 saturated carbocycles. The van der Waals surface area contributed by atoms with Crippen molar-refractivity contribution < 1.29 is 17.9 Å². The first-order chi connectivity index (χ1) is 7.35. The number of hydrogen-bond acceptors (Lipinski definition) is 5. The number of sulfone groups is 1. The van der Waals surface area contributed by atoms with Crippen molar-refractivity contribution in [3.63, 3.8) is 0 Å². The normalized spacial score (nSPS) is 29.9. The van der Waals surface area contributed by atoms with Crippen molar-refractivity contribution in [2.75, 3.05) is 18.6 Å². The number of rotatable bonds is 4. The average molecular weight is 249 g/mol. The SMILES string of the molecule is CCC(C)NC1(C(=O)OC)CCS(=O)(=O)C1. The molecule has 1 heterocycles. The highest BCUT2D eigenvalue weighted by molar-refractivity contribution is 7.91. The largest absolute Gasteiger partial charge is 0.468 e. The minimum atomic E-state index is -3.13. The second-order valence-electron chi connectivity index (χ2n) is 4.37. The van der Waals surface area contributed by atoms with Gasteiger partial charge in [-0.3, -0.25) is 10.1 Å². The van der Waals surface area contributed by atoms with Gasteiger partial charge in [-0.05, 0) is 19.8 Å². The topological polar surface area (TPSA) is 72.5 Å². The maximum Gasteiger partial charge on any atom is 0.327 e. The lowest BCUT2D eigenvalue weighted by Gasteiger charge is -2.29. The summed E-state index contributed by atoms with van der Waals surface area (Å²) in [5.41, 5.74) is -1.04. The van der Waals surface area contributed by atoms with E-state index in [1.165, 1.54) is 7.11 Å². The quantitative estimate of drug-likeness (QED) is 0.716. The summed E-state index contributed by atoms with van der Waals surface area (Å²) in [4.78, 5) is 11.7. The molecule has 0 bridgehead atoms. The second-order valence-corrected chi connectivity index (χ2v) is 6.55. The van der Waals surface area contributed by atoms with Crippen LogP contribution in [-0.4, -0.2) is 44.6 Å². The zero-order chi connectivity index (χ0) is 12.4. The van der Waals surface area contributed by atoms with Gasteiger partial charge in [0.2, 0.25) is 0 Å². The van der Waals surface area contributed by atoms with Crippen molar-refractivity contribution in [2.45, 2.75) is 38.3 Å². The Bertz CT molecular complexity index is 365. The van der Waals surface area contributed by atoms with Crippen molar-refractivity contribution in [1.29, 1.82) is 0 Å². The molecule has 5 nitrogen and oxygen atoms in total. The van der Waals surface area contributed by atoms with E-state index < -0.39 is 21.3 Å². The van der Waals surface area contributed by atoms with Gasteiger partial charge in [0.25, 0.3) is 0 Å². The molecule has 1 fully saturated rings. The summed E-state index contributed by atoms with van der Waals surface area (Å²) in [6.45, 7) is 3.90. The maximum atomic E-state index is 11.7. The Kier molecular flexibility index (Phi) is 3.96. The van der Waals surface area contributed by atoms with Crippen molar-refractivity contribution >= 4 is 15.8 Å². The van der Waals surface area contributed by atoms with Crippen LogP contribution in [0.15, 0.2) is 0 Å². The molecule has 0 amide bonds. The van der Waals surface area contributed by atoms with E-state index in [1.807, 2.05) is 13.8 Å². The Morgan fingerprint density at radius 2 is 2.19 bits per heavy atom. The number of esters is 1. The van der Waals surface area contributed by atoms with Crippen molar-refractivity contribution in [3.05, 3.63) is 0 Å². The third-order valence-corrected chi connectivity index (χ3v) is 4.78. The average Bonchev–Trinajstić information content (AvgIpc) is 2.54. The van der Waals surface area contributed by atoms with Gasteiger partial charge in [-0.15, -0.1) is 0 Å². The van der Waals surface area contributed by atoms with Gasteiger partial charge in [-0.2, -0.15) is 0 Å². The number of nitrogens with one attached hydrogen (secondary N) is 1. The minimum Gasteiger partial charge on any atom is -0.468 e. The molecular weight excluding hydrogens is 230 g/mol. The van der Waals surface area contributed by atoms with Crippen LogP contribution < -0.4 is 5.32 Å². The van der Waals surface area contributed by atoms with Gasteiger partial charge >= 0.3 is 5.97 Å². The Morgan fingerprint density at radius 1 is 1.56 bits per heavy atom. The maximum absolute atomic E-state index is 11.7. The predicted molar refractivity (Wildman–Crippen MR) is 60.9 cm³/mol. The molecule has 1 N–H and O–H groups in total. The summed E-state index contributed by atoms with van der Waals surface area (Å²) in [7, 11) is -1.84. The number of carbonyl (C=O) groups excluding carboxylic acids is 1. The highest BCUT2D eigenvalue weighted by Crippen LogP contribution is 2.25. The van der Waals surface area contributed by atoms with Gasteiger partial charge in [-0.1, -0.05) is 6.92 Å². The first kappa shape index (κ1) is 13.4. The fourth-order valence-electron chi connectivity index (χ4n) is 1.95. The standard InChI is InChI=1S/C10H19NO4S/c1-4-8(2)11-10(9(12)15-3)5-6-16(13,14)7-10/h8,11H,4-7H2,1-3H3. The van der Waals surface area contributed by atoms with Crippen LogP contribution in [0.5, 0.6) is 0 Å². The van der Waals surface area contributed by atoms with E-state index in [0.29, 0.717) is 6.42 Å². The summed E-state index contributed by atoms with van der Waals surface area (Å²) in [5.74, 6) is -0.586. The first-order valence-electron chi connectivity index (χ1n) is 5.42. The van der Waals surface area contributed by atoms with E-state index in [2.05, 4.69) is 5.32 Å². The lowest BCUT2D eigenvalue weighted by atomic mass is 9.97. The third-order valence-electron chi connectivity index (χ3n) is 3.02. The van der Waals surface area contributed by atoms with Crippen LogP contribution in [0.2, 0.25) is 0 Å². The molecule has 6 heteroatoms. The Hall–Kier alpha value is -0.620. The molecule has 2 atom stereocenters. The smallest absolute Gasteiger partial charge is 0.327 e. The summed E-state index contributed by atoms with van der Waals surface area (Å²) in [6.07, 6.45) is 1.13. The van der Waals surface area contributed by atoms with E-state index in [4.69, 9.17) is 4.74 Å². The number of methoxy groups -OCH3 is 1. The van der Waals surface area contributed by atoms with E-state index in [-0.39, 0.29) is 17.5 Å². The lowest BCUT2D eigenvalue weighted by Crippen LogP contribution is -2.56. The fourth-order valence-corrected chi connectivity index (χ4v) is 3.85. The summed E-state index contributed by atoms with van der Waals surface area (Å²) < 4.78 is 27.7. The molecule has 1 saturated heterocycles. The molecule has 0 aliphatic carbocycles. The Morgan fingerprint density at radius 3 is 2.56 bits per heavy atom. The molecule has 0 radical (unpaired) electrons. The van der Waals surface area contributed by atoms with Crippen LogP contribution in [0.25, 0.3) is 0 Å². The van der Waals surface area contributed by atoms with Gasteiger partial charge in [0.15, 0.2) is 9.84 Å². The fraction of sp³-hybridized carbons (Fsp3) is 0.900. The highest BCUT2D eigenvalue weighted by atomic mass is 32.2. The van der Waals surface area contributed by atoms with Gasteiger partial charge in [0, 0.05) is 6.04 Å². The Balaban J connectivity index is 2.92. The zero-order valence-electron chi connectivity index (χ0n) is 9.95. The number of carbonyl (C=O) groups is 1. The van der Waals surface area contributed by atoms with E-state index in [9.17, 15) is 13.2 Å². The van der Waals surface area contributed by atoms with Crippen molar-refractivity contribution in [1.82, 2.24) is 5.32 Å². The molecule has 0 spiro atoms. The lowest BCUT2D eigenvalue weighted by molar-refractivity contribution is -0.147. The van der Waals surface area contributed by atoms with Crippen LogP contribution in [0.4, 0.5) is 0 Å². The van der Waals surface area contributed by atoms with Crippen LogP contribution in [-0.2, 0) is 19.4 Å². The zero-order valence-corrected chi connectivity index (χ0v) is 10.8. The van der Waals surface area contributed by atoms with Gasteiger partial charge in [0.05, 0.1) is 18.6 Å². The highest BCUT2D eigenvalue weighted by Gasteiger charge is 2.49. The molecule has 94 valence electrons. The van der Waals surface area contributed by atoms with Crippen LogP contribution >= 0.6 is 0 Å². The van der Waals surface area contributed by atoms with Crippen LogP contribution in [0, 0.1) is 0 Å². The van der Waals surface area contributed by atoms with Crippen LogP contribution in [0.3, 0.4) is 0 Å². The Labute approximate surface area is 96.5 Å². The van der Waals surface area contributed by atoms with Gasteiger partial charge < -0.3 is 4.74 Å². The molecular formula is C10H19NO4S. The number of hydrogen-bond donors (Lipinski definition) is 1. The van der Waals surface area contributed by atoms with E-state index in [1.54, 1.807) is 0 Å². The van der Waals surface area contributed by atoms with E-state index in [0.717, 1.165) is 6.42 Å². The summed E-state index contributed by atoms with van der Waals surface area (Å²) in [5, 5.41) is 3.09. The summed E-state index contributed by atoms with van der Waals surface area (Å²) >= 11 is 0. The van der Waals surface area contributed by atoms with Gasteiger partial charge in [0.1, 0.15) is 5.54 Å². The molecule has 2 unspecified atom stereocenters. The van der Waals surface area contributed by atoms with Crippen molar-refractivity contribution in [3.8, 4) is 0 Å². The molecule has 1 aliphatic rings. The summed E-state index contributed by atoms with van der Waals surface area (Å²) in [6, 6.07) is 0.0902. The minimum absolute atomic E-state index is 0.0472. The third kappa shape index (κ3) is 2.74. The van der Waals surface area contributed by atoms with Gasteiger partial charge in [-0.25, -0.2) is 8.42 Å². The first-order valence-corrected chi connectivity index (χ1v) is 7.24. The molecule has 0 aromatic rings. The van der Waals surface area contributed by atoms with E-state index >= 15 is 0 Å². The molecule has 16 heavy (non-hydrogen) atoms. The number of ether oxygens (including phenoxy) is 1. The monoisotopic (exact) mass is 249 g/mol. The molecule has 1 rings (SSSR count). The predicted octanol–water partition coefficient (Wildman–Crippen LogP) is 0.105. The molecule has 0 aromatic heterocycles.